The quantitative estimate of drug-likeness (QED) is 0.883. The van der Waals surface area contributed by atoms with Gasteiger partial charge in [0.15, 0.2) is 0 Å². The Balaban J connectivity index is 2.58. The lowest BCUT2D eigenvalue weighted by Crippen LogP contribution is -2.43. The minimum atomic E-state index is -0.166. The number of halogens is 1. The minimum Gasteiger partial charge on any atom is -0.324 e. The van der Waals surface area contributed by atoms with Gasteiger partial charge in [-0.2, -0.15) is 0 Å². The summed E-state index contributed by atoms with van der Waals surface area (Å²) in [5, 5.41) is 3.42. The van der Waals surface area contributed by atoms with Crippen molar-refractivity contribution in [2.24, 2.45) is 5.73 Å². The zero-order valence-electron chi connectivity index (χ0n) is 9.55. The molecule has 0 unspecified atom stereocenters. The number of rotatable bonds is 4. The fraction of sp³-hybridized carbons (Fsp3) is 0.500. The molecule has 1 aromatic carbocycles. The van der Waals surface area contributed by atoms with Gasteiger partial charge in [0.25, 0.3) is 0 Å². The van der Waals surface area contributed by atoms with E-state index in [4.69, 9.17) is 5.73 Å². The Morgan fingerprint density at radius 1 is 1.47 bits per heavy atom. The standard InChI is InChI=1S/C12H19BrN2/c1-9(15-8-12(2,3)14)10-5-4-6-11(13)7-10/h4-7,9,15H,8,14H2,1-3H3/t9-/m0/s1. The third-order valence-electron chi connectivity index (χ3n) is 2.21. The van der Waals surface area contributed by atoms with Crippen LogP contribution in [-0.2, 0) is 0 Å². The number of benzene rings is 1. The SMILES string of the molecule is C[C@H](NCC(C)(C)N)c1cccc(Br)c1. The van der Waals surface area contributed by atoms with Gasteiger partial charge in [0.1, 0.15) is 0 Å². The van der Waals surface area contributed by atoms with Crippen LogP contribution in [0.15, 0.2) is 28.7 Å². The zero-order chi connectivity index (χ0) is 11.5. The summed E-state index contributed by atoms with van der Waals surface area (Å²) in [6, 6.07) is 8.65. The lowest BCUT2D eigenvalue weighted by atomic mass is 10.0. The van der Waals surface area contributed by atoms with Gasteiger partial charge in [0, 0.05) is 22.6 Å². The Kier molecular flexibility index (Phi) is 4.32. The van der Waals surface area contributed by atoms with E-state index in [0.717, 1.165) is 11.0 Å². The van der Waals surface area contributed by atoms with Gasteiger partial charge in [0.2, 0.25) is 0 Å². The highest BCUT2D eigenvalue weighted by Gasteiger charge is 2.12. The van der Waals surface area contributed by atoms with Crippen molar-refractivity contribution in [1.82, 2.24) is 5.32 Å². The summed E-state index contributed by atoms with van der Waals surface area (Å²) in [7, 11) is 0. The molecule has 0 aliphatic heterocycles. The average molecular weight is 271 g/mol. The van der Waals surface area contributed by atoms with Crippen LogP contribution in [0.4, 0.5) is 0 Å². The van der Waals surface area contributed by atoms with Gasteiger partial charge in [-0.25, -0.2) is 0 Å². The summed E-state index contributed by atoms with van der Waals surface area (Å²) in [6.07, 6.45) is 0. The summed E-state index contributed by atoms with van der Waals surface area (Å²) >= 11 is 3.47. The van der Waals surface area contributed by atoms with Crippen molar-refractivity contribution in [2.45, 2.75) is 32.4 Å². The van der Waals surface area contributed by atoms with Gasteiger partial charge >= 0.3 is 0 Å². The largest absolute Gasteiger partial charge is 0.324 e. The minimum absolute atomic E-state index is 0.166. The molecule has 1 atom stereocenters. The Bertz CT molecular complexity index is 318. The van der Waals surface area contributed by atoms with E-state index in [0.29, 0.717) is 6.04 Å². The lowest BCUT2D eigenvalue weighted by Gasteiger charge is -2.23. The lowest BCUT2D eigenvalue weighted by molar-refractivity contribution is 0.434. The number of nitrogens with one attached hydrogen (secondary N) is 1. The predicted octanol–water partition coefficient (Wildman–Crippen LogP) is 2.84. The molecule has 0 saturated heterocycles. The zero-order valence-corrected chi connectivity index (χ0v) is 11.1. The van der Waals surface area contributed by atoms with Crippen molar-refractivity contribution in [3.8, 4) is 0 Å². The monoisotopic (exact) mass is 270 g/mol. The highest BCUT2D eigenvalue weighted by atomic mass is 79.9. The van der Waals surface area contributed by atoms with Crippen LogP contribution in [-0.4, -0.2) is 12.1 Å². The maximum Gasteiger partial charge on any atom is 0.0292 e. The van der Waals surface area contributed by atoms with Gasteiger partial charge in [-0.05, 0) is 38.5 Å². The third kappa shape index (κ3) is 4.78. The Hall–Kier alpha value is -0.380. The molecule has 0 aliphatic rings. The van der Waals surface area contributed by atoms with Crippen LogP contribution >= 0.6 is 15.9 Å². The molecule has 0 saturated carbocycles. The van der Waals surface area contributed by atoms with E-state index in [1.54, 1.807) is 0 Å². The van der Waals surface area contributed by atoms with E-state index in [2.05, 4.69) is 40.3 Å². The summed E-state index contributed by atoms with van der Waals surface area (Å²) in [5.74, 6) is 0. The molecular weight excluding hydrogens is 252 g/mol. The van der Waals surface area contributed by atoms with E-state index in [-0.39, 0.29) is 5.54 Å². The second kappa shape index (κ2) is 5.10. The number of nitrogens with two attached hydrogens (primary N) is 1. The van der Waals surface area contributed by atoms with Gasteiger partial charge in [-0.3, -0.25) is 0 Å². The maximum atomic E-state index is 5.92. The van der Waals surface area contributed by atoms with E-state index in [1.807, 2.05) is 26.0 Å². The van der Waals surface area contributed by atoms with Crippen LogP contribution in [0.25, 0.3) is 0 Å². The highest BCUT2D eigenvalue weighted by molar-refractivity contribution is 9.10. The van der Waals surface area contributed by atoms with Crippen molar-refractivity contribution < 1.29 is 0 Å². The van der Waals surface area contributed by atoms with Crippen LogP contribution in [0.3, 0.4) is 0 Å². The molecule has 2 nitrogen and oxygen atoms in total. The Morgan fingerprint density at radius 3 is 2.67 bits per heavy atom. The Labute approximate surface area is 100 Å². The molecule has 0 radical (unpaired) electrons. The van der Waals surface area contributed by atoms with Crippen LogP contribution in [0.5, 0.6) is 0 Å². The first-order valence-corrected chi connectivity index (χ1v) is 5.95. The summed E-state index contributed by atoms with van der Waals surface area (Å²) < 4.78 is 1.11. The summed E-state index contributed by atoms with van der Waals surface area (Å²) in [5.41, 5.74) is 7.03. The van der Waals surface area contributed by atoms with E-state index >= 15 is 0 Å². The molecule has 0 aliphatic carbocycles. The van der Waals surface area contributed by atoms with Crippen molar-refractivity contribution in [3.05, 3.63) is 34.3 Å². The molecule has 0 amide bonds. The van der Waals surface area contributed by atoms with Gasteiger partial charge in [0.05, 0.1) is 0 Å². The normalized spacial score (nSPS) is 13.9. The second-order valence-corrected chi connectivity index (χ2v) is 5.56. The molecule has 1 aromatic rings. The molecule has 3 N–H and O–H groups in total. The fourth-order valence-electron chi connectivity index (χ4n) is 1.31. The molecule has 0 fully saturated rings. The van der Waals surface area contributed by atoms with Gasteiger partial charge < -0.3 is 11.1 Å². The first-order valence-electron chi connectivity index (χ1n) is 5.16. The number of hydrogen-bond donors (Lipinski definition) is 2. The van der Waals surface area contributed by atoms with Crippen molar-refractivity contribution in [3.63, 3.8) is 0 Å². The molecular formula is C12H19BrN2. The molecule has 0 heterocycles. The van der Waals surface area contributed by atoms with Crippen LogP contribution in [0, 0.1) is 0 Å². The van der Waals surface area contributed by atoms with Crippen molar-refractivity contribution in [1.29, 1.82) is 0 Å². The van der Waals surface area contributed by atoms with Gasteiger partial charge in [-0.1, -0.05) is 28.1 Å². The van der Waals surface area contributed by atoms with Gasteiger partial charge in [-0.15, -0.1) is 0 Å². The molecule has 84 valence electrons. The first-order chi connectivity index (χ1) is 6.88. The van der Waals surface area contributed by atoms with E-state index in [1.165, 1.54) is 5.56 Å². The molecule has 0 aromatic heterocycles. The third-order valence-corrected chi connectivity index (χ3v) is 2.71. The maximum absolute atomic E-state index is 5.92. The van der Waals surface area contributed by atoms with Crippen LogP contribution in [0.1, 0.15) is 32.4 Å². The molecule has 0 bridgehead atoms. The molecule has 0 spiro atoms. The molecule has 15 heavy (non-hydrogen) atoms. The first kappa shape index (κ1) is 12.7. The highest BCUT2D eigenvalue weighted by Crippen LogP contribution is 2.17. The summed E-state index contributed by atoms with van der Waals surface area (Å²) in [6.45, 7) is 7.00. The van der Waals surface area contributed by atoms with E-state index < -0.39 is 0 Å². The van der Waals surface area contributed by atoms with Crippen LogP contribution < -0.4 is 11.1 Å². The van der Waals surface area contributed by atoms with Crippen molar-refractivity contribution in [2.75, 3.05) is 6.54 Å². The summed E-state index contributed by atoms with van der Waals surface area (Å²) in [4.78, 5) is 0. The predicted molar refractivity (Wildman–Crippen MR) is 68.8 cm³/mol. The van der Waals surface area contributed by atoms with Crippen LogP contribution in [0.2, 0.25) is 0 Å². The second-order valence-electron chi connectivity index (χ2n) is 4.65. The van der Waals surface area contributed by atoms with E-state index in [9.17, 15) is 0 Å². The fourth-order valence-corrected chi connectivity index (χ4v) is 1.73. The number of hydrogen-bond acceptors (Lipinski definition) is 2. The topological polar surface area (TPSA) is 38.0 Å². The average Bonchev–Trinajstić information content (AvgIpc) is 2.13. The smallest absolute Gasteiger partial charge is 0.0292 e. The van der Waals surface area contributed by atoms with Crippen molar-refractivity contribution >= 4 is 15.9 Å². The Morgan fingerprint density at radius 2 is 2.13 bits per heavy atom. The molecule has 3 heteroatoms. The molecule has 1 rings (SSSR count).